The molecule has 0 fully saturated rings. The topological polar surface area (TPSA) is 67.0 Å². The van der Waals surface area contributed by atoms with Gasteiger partial charge in [0.1, 0.15) is 11.6 Å². The number of hydrogen-bond acceptors (Lipinski definition) is 3. The second kappa shape index (κ2) is 9.05. The van der Waals surface area contributed by atoms with Crippen LogP contribution in [0.15, 0.2) is 48.7 Å². The first kappa shape index (κ1) is 19.4. The molecule has 0 aliphatic carbocycles. The Balaban J connectivity index is 1.47. The van der Waals surface area contributed by atoms with Gasteiger partial charge in [0.2, 0.25) is 5.91 Å². The van der Waals surface area contributed by atoms with Gasteiger partial charge in [0.05, 0.1) is 18.7 Å². The fourth-order valence-corrected chi connectivity index (χ4v) is 3.29. The number of aromatic nitrogens is 1. The van der Waals surface area contributed by atoms with Gasteiger partial charge in [-0.1, -0.05) is 6.07 Å². The summed E-state index contributed by atoms with van der Waals surface area (Å²) in [4.78, 5) is 12.1. The van der Waals surface area contributed by atoms with Gasteiger partial charge >= 0.3 is 0 Å². The average Bonchev–Trinajstić information content (AvgIpc) is 3.11. The van der Waals surface area contributed by atoms with E-state index in [1.165, 1.54) is 12.1 Å². The van der Waals surface area contributed by atoms with Crippen LogP contribution < -0.4 is 10.1 Å². The molecule has 0 saturated heterocycles. The highest BCUT2D eigenvalue weighted by molar-refractivity contribution is 5.86. The van der Waals surface area contributed by atoms with Crippen LogP contribution in [0.5, 0.6) is 5.75 Å². The van der Waals surface area contributed by atoms with Crippen molar-refractivity contribution in [2.45, 2.75) is 25.8 Å². The van der Waals surface area contributed by atoms with Crippen LogP contribution in [0.3, 0.4) is 0 Å². The molecule has 1 N–H and O–H groups in total. The number of methoxy groups -OCH3 is 1. The van der Waals surface area contributed by atoms with Gasteiger partial charge < -0.3 is 14.6 Å². The van der Waals surface area contributed by atoms with Crippen molar-refractivity contribution in [3.05, 3.63) is 65.6 Å². The highest BCUT2D eigenvalue weighted by atomic mass is 19.1. The molecule has 3 rings (SSSR count). The van der Waals surface area contributed by atoms with E-state index in [2.05, 4.69) is 16.0 Å². The Morgan fingerprint density at radius 2 is 2.14 bits per heavy atom. The van der Waals surface area contributed by atoms with E-state index >= 15 is 0 Å². The Morgan fingerprint density at radius 3 is 2.93 bits per heavy atom. The Morgan fingerprint density at radius 1 is 1.29 bits per heavy atom. The van der Waals surface area contributed by atoms with Crippen LogP contribution in [0.25, 0.3) is 10.9 Å². The van der Waals surface area contributed by atoms with Crippen LogP contribution in [0.2, 0.25) is 0 Å². The predicted octanol–water partition coefficient (Wildman–Crippen LogP) is 3.80. The number of carbonyl (C=O) groups is 1. The smallest absolute Gasteiger partial charge is 0.220 e. The molecule has 3 aromatic rings. The number of amides is 1. The molecule has 2 aromatic carbocycles. The molecular formula is C22H22FN3O2. The monoisotopic (exact) mass is 379 g/mol. The summed E-state index contributed by atoms with van der Waals surface area (Å²) in [6, 6.07) is 14.1. The molecule has 1 aromatic heterocycles. The molecule has 0 atom stereocenters. The van der Waals surface area contributed by atoms with Gasteiger partial charge in [-0.15, -0.1) is 0 Å². The third-order valence-corrected chi connectivity index (χ3v) is 4.70. The molecule has 0 radical (unpaired) electrons. The van der Waals surface area contributed by atoms with E-state index in [1.54, 1.807) is 19.2 Å². The second-order valence-corrected chi connectivity index (χ2v) is 6.52. The number of nitrogens with one attached hydrogen (secondary N) is 1. The summed E-state index contributed by atoms with van der Waals surface area (Å²) in [6.07, 6.45) is 3.54. The van der Waals surface area contributed by atoms with Gasteiger partial charge in [-0.2, -0.15) is 5.26 Å². The first-order valence-corrected chi connectivity index (χ1v) is 9.19. The average molecular weight is 379 g/mol. The first-order chi connectivity index (χ1) is 13.6. The predicted molar refractivity (Wildman–Crippen MR) is 106 cm³/mol. The number of nitrogens with zero attached hydrogens (tertiary/aromatic N) is 2. The summed E-state index contributed by atoms with van der Waals surface area (Å²) in [5.41, 5.74) is 2.38. The van der Waals surface area contributed by atoms with E-state index in [4.69, 9.17) is 10.00 Å². The van der Waals surface area contributed by atoms with Crippen LogP contribution in [0.1, 0.15) is 24.0 Å². The van der Waals surface area contributed by atoms with Crippen molar-refractivity contribution < 1.29 is 13.9 Å². The minimum atomic E-state index is -0.319. The van der Waals surface area contributed by atoms with E-state index in [9.17, 15) is 9.18 Å². The van der Waals surface area contributed by atoms with Crippen molar-refractivity contribution in [3.63, 3.8) is 0 Å². The molecule has 0 unspecified atom stereocenters. The fourth-order valence-electron chi connectivity index (χ4n) is 3.29. The maximum Gasteiger partial charge on any atom is 0.220 e. The largest absolute Gasteiger partial charge is 0.496 e. The van der Waals surface area contributed by atoms with Crippen molar-refractivity contribution in [3.8, 4) is 11.8 Å². The van der Waals surface area contributed by atoms with Gasteiger partial charge in [-0.25, -0.2) is 4.39 Å². The molecule has 6 heteroatoms. The number of hydrogen-bond donors (Lipinski definition) is 1. The lowest BCUT2D eigenvalue weighted by molar-refractivity contribution is -0.121. The van der Waals surface area contributed by atoms with Crippen LogP contribution in [-0.2, 0) is 17.8 Å². The Hall–Kier alpha value is -3.33. The lowest BCUT2D eigenvalue weighted by Crippen LogP contribution is -2.25. The first-order valence-electron chi connectivity index (χ1n) is 9.19. The second-order valence-electron chi connectivity index (χ2n) is 6.52. The molecule has 0 aliphatic rings. The van der Waals surface area contributed by atoms with Crippen LogP contribution in [0, 0.1) is 17.1 Å². The van der Waals surface area contributed by atoms with Crippen molar-refractivity contribution in [2.24, 2.45) is 0 Å². The van der Waals surface area contributed by atoms with Gasteiger partial charge in [-0.05, 0) is 54.8 Å². The highest BCUT2D eigenvalue weighted by Gasteiger charge is 2.08. The number of fused-ring (bicyclic) bond motifs is 1. The summed E-state index contributed by atoms with van der Waals surface area (Å²) in [6.45, 7) is 1.13. The summed E-state index contributed by atoms with van der Waals surface area (Å²) >= 11 is 0. The zero-order valence-corrected chi connectivity index (χ0v) is 15.7. The number of aryl methyl sites for hydroxylation is 1. The molecule has 0 aliphatic heterocycles. The van der Waals surface area contributed by atoms with E-state index in [0.29, 0.717) is 43.7 Å². The molecule has 1 amide bonds. The normalized spacial score (nSPS) is 10.6. The van der Waals surface area contributed by atoms with Crippen LogP contribution in [0.4, 0.5) is 4.39 Å². The van der Waals surface area contributed by atoms with Crippen molar-refractivity contribution in [2.75, 3.05) is 13.7 Å². The number of rotatable bonds is 8. The third-order valence-electron chi connectivity index (χ3n) is 4.70. The molecule has 0 spiro atoms. The maximum absolute atomic E-state index is 13.4. The van der Waals surface area contributed by atoms with Crippen molar-refractivity contribution >= 4 is 16.8 Å². The van der Waals surface area contributed by atoms with Crippen molar-refractivity contribution in [1.29, 1.82) is 5.26 Å². The maximum atomic E-state index is 13.4. The number of ether oxygens (including phenoxy) is 1. The standard InChI is InChI=1S/C22H22FN3O2/c1-28-21-8-7-18(23)14-16(21)9-11-25-22(27)6-3-12-26-13-10-19-17(15-24)4-2-5-20(19)26/h2,4-5,7-8,10,13-14H,3,6,9,11-12H2,1H3,(H,25,27). The van der Waals surface area contributed by atoms with Crippen LogP contribution in [-0.4, -0.2) is 24.1 Å². The quantitative estimate of drug-likeness (QED) is 0.647. The Bertz CT molecular complexity index is 1020. The number of nitriles is 1. The molecule has 28 heavy (non-hydrogen) atoms. The van der Waals surface area contributed by atoms with Crippen LogP contribution >= 0.6 is 0 Å². The highest BCUT2D eigenvalue weighted by Crippen LogP contribution is 2.21. The van der Waals surface area contributed by atoms with E-state index < -0.39 is 0 Å². The summed E-state index contributed by atoms with van der Waals surface area (Å²) < 4.78 is 20.6. The van der Waals surface area contributed by atoms with E-state index in [-0.39, 0.29) is 11.7 Å². The Kier molecular flexibility index (Phi) is 6.28. The van der Waals surface area contributed by atoms with Crippen molar-refractivity contribution in [1.82, 2.24) is 9.88 Å². The van der Waals surface area contributed by atoms with Gasteiger partial charge in [0, 0.05) is 36.6 Å². The van der Waals surface area contributed by atoms with Gasteiger partial charge in [0.15, 0.2) is 0 Å². The molecule has 0 saturated carbocycles. The van der Waals surface area contributed by atoms with Gasteiger partial charge in [-0.3, -0.25) is 4.79 Å². The molecular weight excluding hydrogens is 357 g/mol. The molecule has 5 nitrogen and oxygen atoms in total. The molecule has 0 bridgehead atoms. The molecule has 144 valence electrons. The minimum Gasteiger partial charge on any atom is -0.496 e. The summed E-state index contributed by atoms with van der Waals surface area (Å²) in [5.74, 6) is 0.261. The van der Waals surface area contributed by atoms with E-state index in [1.807, 2.05) is 24.4 Å². The molecule has 1 heterocycles. The minimum absolute atomic E-state index is 0.0375. The van der Waals surface area contributed by atoms with E-state index in [0.717, 1.165) is 16.5 Å². The zero-order valence-electron chi connectivity index (χ0n) is 15.7. The zero-order chi connectivity index (χ0) is 19.9. The summed E-state index contributed by atoms with van der Waals surface area (Å²) in [7, 11) is 1.54. The number of halogens is 1. The fraction of sp³-hybridized carbons (Fsp3) is 0.273. The number of benzene rings is 2. The van der Waals surface area contributed by atoms with Gasteiger partial charge in [0.25, 0.3) is 0 Å². The lowest BCUT2D eigenvalue weighted by Gasteiger charge is -2.10. The SMILES string of the molecule is COc1ccc(F)cc1CCNC(=O)CCCn1ccc2c(C#N)cccc21. The number of carbonyl (C=O) groups excluding carboxylic acids is 1. The third kappa shape index (κ3) is 4.49. The Labute approximate surface area is 163 Å². The lowest BCUT2D eigenvalue weighted by atomic mass is 10.1. The summed E-state index contributed by atoms with van der Waals surface area (Å²) in [5, 5.41) is 13.0.